The molecule has 4 atom stereocenters. The Morgan fingerprint density at radius 3 is 2.17 bits per heavy atom. The van der Waals surface area contributed by atoms with Crippen molar-refractivity contribution in [3.8, 4) is 0 Å². The molecule has 70 valence electrons. The molecule has 0 heterocycles. The standard InChI is InChI=1S/C9H16S3/c10-8(9(11)12)7-4-5-1-2-6(7)3-5/h5-12H,1-4H2. The second-order valence-corrected chi connectivity index (χ2v) is 6.36. The summed E-state index contributed by atoms with van der Waals surface area (Å²) in [6, 6.07) is 0. The van der Waals surface area contributed by atoms with E-state index >= 15 is 0 Å². The van der Waals surface area contributed by atoms with E-state index in [-0.39, 0.29) is 4.58 Å². The molecule has 2 bridgehead atoms. The van der Waals surface area contributed by atoms with Gasteiger partial charge in [-0.15, -0.1) is 0 Å². The Hall–Kier alpha value is 1.05. The van der Waals surface area contributed by atoms with Crippen molar-refractivity contribution in [3.05, 3.63) is 0 Å². The zero-order chi connectivity index (χ0) is 8.72. The quantitative estimate of drug-likeness (QED) is 0.462. The molecule has 2 rings (SSSR count). The molecule has 2 fully saturated rings. The van der Waals surface area contributed by atoms with Crippen molar-refractivity contribution in [2.75, 3.05) is 0 Å². The first-order valence-electron chi connectivity index (χ1n) is 4.72. The molecule has 0 nitrogen and oxygen atoms in total. The Morgan fingerprint density at radius 2 is 1.75 bits per heavy atom. The highest BCUT2D eigenvalue weighted by Crippen LogP contribution is 2.51. The summed E-state index contributed by atoms with van der Waals surface area (Å²) in [4.78, 5) is 0. The van der Waals surface area contributed by atoms with Gasteiger partial charge in [-0.1, -0.05) is 6.42 Å². The van der Waals surface area contributed by atoms with Gasteiger partial charge in [0, 0.05) is 5.25 Å². The first kappa shape index (κ1) is 9.60. The number of thiol groups is 3. The van der Waals surface area contributed by atoms with Crippen LogP contribution in [0.2, 0.25) is 0 Å². The molecule has 0 aromatic heterocycles. The third-order valence-corrected chi connectivity index (χ3v) is 5.33. The number of rotatable bonds is 2. The third-order valence-electron chi connectivity index (χ3n) is 3.54. The second-order valence-electron chi connectivity index (χ2n) is 4.24. The zero-order valence-corrected chi connectivity index (χ0v) is 9.74. The molecular weight excluding hydrogens is 204 g/mol. The van der Waals surface area contributed by atoms with Gasteiger partial charge in [0.25, 0.3) is 0 Å². The fourth-order valence-corrected chi connectivity index (χ4v) is 3.74. The van der Waals surface area contributed by atoms with E-state index in [1.165, 1.54) is 25.7 Å². The molecule has 4 unspecified atom stereocenters. The Kier molecular flexibility index (Phi) is 2.93. The lowest BCUT2D eigenvalue weighted by Gasteiger charge is -2.28. The highest BCUT2D eigenvalue weighted by Gasteiger charge is 2.42. The van der Waals surface area contributed by atoms with Gasteiger partial charge in [-0.3, -0.25) is 0 Å². The van der Waals surface area contributed by atoms with E-state index in [2.05, 4.69) is 37.9 Å². The van der Waals surface area contributed by atoms with Gasteiger partial charge in [-0.05, 0) is 37.0 Å². The fraction of sp³-hybridized carbons (Fsp3) is 1.00. The van der Waals surface area contributed by atoms with Crippen LogP contribution >= 0.6 is 37.9 Å². The SMILES string of the molecule is SC(S)C(S)C1CC2CCC1C2. The molecule has 0 spiro atoms. The van der Waals surface area contributed by atoms with Crippen molar-refractivity contribution in [2.24, 2.45) is 17.8 Å². The van der Waals surface area contributed by atoms with E-state index in [4.69, 9.17) is 0 Å². The van der Waals surface area contributed by atoms with Crippen molar-refractivity contribution in [1.82, 2.24) is 0 Å². The van der Waals surface area contributed by atoms with Gasteiger partial charge in [0.1, 0.15) is 0 Å². The van der Waals surface area contributed by atoms with E-state index in [1.807, 2.05) is 0 Å². The van der Waals surface area contributed by atoms with Crippen LogP contribution < -0.4 is 0 Å². The maximum Gasteiger partial charge on any atom is 0.0561 e. The van der Waals surface area contributed by atoms with Crippen LogP contribution in [0, 0.1) is 17.8 Å². The molecule has 0 N–H and O–H groups in total. The maximum absolute atomic E-state index is 4.60. The number of hydrogen-bond donors (Lipinski definition) is 3. The van der Waals surface area contributed by atoms with Gasteiger partial charge in [-0.2, -0.15) is 37.9 Å². The molecule has 0 amide bonds. The summed E-state index contributed by atoms with van der Waals surface area (Å²) in [6.45, 7) is 0. The average molecular weight is 220 g/mol. The van der Waals surface area contributed by atoms with Crippen LogP contribution in [0.15, 0.2) is 0 Å². The van der Waals surface area contributed by atoms with Gasteiger partial charge < -0.3 is 0 Å². The topological polar surface area (TPSA) is 0 Å². The van der Waals surface area contributed by atoms with E-state index in [0.717, 1.165) is 17.8 Å². The minimum atomic E-state index is 0.151. The van der Waals surface area contributed by atoms with Gasteiger partial charge in [0.2, 0.25) is 0 Å². The Morgan fingerprint density at radius 1 is 1.00 bits per heavy atom. The smallest absolute Gasteiger partial charge is 0.0561 e. The Labute approximate surface area is 91.1 Å². The predicted octanol–water partition coefficient (Wildman–Crippen LogP) is 2.91. The van der Waals surface area contributed by atoms with Crippen LogP contribution in [0.4, 0.5) is 0 Å². The molecule has 0 aromatic carbocycles. The fourth-order valence-electron chi connectivity index (χ4n) is 2.93. The van der Waals surface area contributed by atoms with E-state index in [0.29, 0.717) is 5.25 Å². The van der Waals surface area contributed by atoms with Crippen molar-refractivity contribution in [2.45, 2.75) is 35.5 Å². The van der Waals surface area contributed by atoms with Crippen LogP contribution in [-0.2, 0) is 0 Å². The molecule has 0 saturated heterocycles. The largest absolute Gasteiger partial charge is 0.174 e. The Bertz CT molecular complexity index is 169. The highest BCUT2D eigenvalue weighted by atomic mass is 32.2. The minimum Gasteiger partial charge on any atom is -0.174 e. The van der Waals surface area contributed by atoms with E-state index < -0.39 is 0 Å². The van der Waals surface area contributed by atoms with Crippen LogP contribution in [0.5, 0.6) is 0 Å². The first-order valence-corrected chi connectivity index (χ1v) is 6.27. The lowest BCUT2D eigenvalue weighted by molar-refractivity contribution is 0.332. The highest BCUT2D eigenvalue weighted by molar-refractivity contribution is 8.00. The van der Waals surface area contributed by atoms with E-state index in [9.17, 15) is 0 Å². The van der Waals surface area contributed by atoms with Crippen molar-refractivity contribution in [3.63, 3.8) is 0 Å². The summed E-state index contributed by atoms with van der Waals surface area (Å²) < 4.78 is 0.151. The first-order chi connectivity index (χ1) is 5.68. The molecule has 0 aromatic rings. The van der Waals surface area contributed by atoms with Gasteiger partial charge in [0.05, 0.1) is 4.58 Å². The summed E-state index contributed by atoms with van der Waals surface area (Å²) >= 11 is 13.3. The van der Waals surface area contributed by atoms with E-state index in [1.54, 1.807) is 0 Å². The van der Waals surface area contributed by atoms with Crippen molar-refractivity contribution >= 4 is 37.9 Å². The van der Waals surface area contributed by atoms with Crippen LogP contribution in [-0.4, -0.2) is 9.83 Å². The lowest BCUT2D eigenvalue weighted by Crippen LogP contribution is -2.26. The van der Waals surface area contributed by atoms with Crippen LogP contribution in [0.3, 0.4) is 0 Å². The monoisotopic (exact) mass is 220 g/mol. The molecular formula is C9H16S3. The molecule has 0 aliphatic heterocycles. The van der Waals surface area contributed by atoms with Crippen molar-refractivity contribution < 1.29 is 0 Å². The predicted molar refractivity (Wildman–Crippen MR) is 63.5 cm³/mol. The summed E-state index contributed by atoms with van der Waals surface area (Å²) in [5.74, 6) is 2.75. The normalized spacial score (nSPS) is 42.5. The summed E-state index contributed by atoms with van der Waals surface area (Å²) in [5, 5.41) is 0.395. The second kappa shape index (κ2) is 3.66. The summed E-state index contributed by atoms with van der Waals surface area (Å²) in [7, 11) is 0. The third kappa shape index (κ3) is 1.64. The molecule has 2 aliphatic rings. The number of hydrogen-bond acceptors (Lipinski definition) is 3. The molecule has 3 heteroatoms. The molecule has 2 saturated carbocycles. The minimum absolute atomic E-state index is 0.151. The van der Waals surface area contributed by atoms with Crippen LogP contribution in [0.1, 0.15) is 25.7 Å². The van der Waals surface area contributed by atoms with Crippen LogP contribution in [0.25, 0.3) is 0 Å². The number of fused-ring (bicyclic) bond motifs is 2. The molecule has 2 aliphatic carbocycles. The summed E-state index contributed by atoms with van der Waals surface area (Å²) in [5.41, 5.74) is 0. The maximum atomic E-state index is 4.60. The van der Waals surface area contributed by atoms with Gasteiger partial charge in [-0.25, -0.2) is 0 Å². The van der Waals surface area contributed by atoms with Gasteiger partial charge >= 0.3 is 0 Å². The lowest BCUT2D eigenvalue weighted by atomic mass is 9.86. The van der Waals surface area contributed by atoms with Crippen molar-refractivity contribution in [1.29, 1.82) is 0 Å². The molecule has 12 heavy (non-hydrogen) atoms. The van der Waals surface area contributed by atoms with Gasteiger partial charge in [0.15, 0.2) is 0 Å². The average Bonchev–Trinajstić information content (AvgIpc) is 2.62. The molecule has 0 radical (unpaired) electrons. The zero-order valence-electron chi connectivity index (χ0n) is 7.06. The summed E-state index contributed by atoms with van der Waals surface area (Å²) in [6.07, 6.45) is 5.73. The Balaban J connectivity index is 1.97.